The van der Waals surface area contributed by atoms with Gasteiger partial charge in [-0.3, -0.25) is 4.79 Å². The first-order valence-corrected chi connectivity index (χ1v) is 15.3. The van der Waals surface area contributed by atoms with Crippen molar-refractivity contribution in [3.8, 4) is 5.75 Å². The molecule has 1 heterocycles. The quantitative estimate of drug-likeness (QED) is 0.0916. The second-order valence-electron chi connectivity index (χ2n) is 10.3. The van der Waals surface area contributed by atoms with Gasteiger partial charge in [-0.1, -0.05) is 108 Å². The summed E-state index contributed by atoms with van der Waals surface area (Å²) in [5.41, 5.74) is 2.47. The van der Waals surface area contributed by atoms with Crippen molar-refractivity contribution in [2.45, 2.75) is 97.6 Å². The number of benzene rings is 2. The van der Waals surface area contributed by atoms with Gasteiger partial charge < -0.3 is 33.6 Å². The number of hydrogen-bond acceptors (Lipinski definition) is 2. The molecule has 0 bridgehead atoms. The van der Waals surface area contributed by atoms with Crippen molar-refractivity contribution in [1.29, 1.82) is 0 Å². The first kappa shape index (κ1) is 34.1. The van der Waals surface area contributed by atoms with E-state index in [-0.39, 0.29) is 29.9 Å². The van der Waals surface area contributed by atoms with E-state index in [1.54, 1.807) is 4.90 Å². The van der Waals surface area contributed by atoms with E-state index in [0.717, 1.165) is 30.6 Å². The van der Waals surface area contributed by atoms with Crippen LogP contribution in [0.15, 0.2) is 73.1 Å². The number of amides is 1. The zero-order valence-electron chi connectivity index (χ0n) is 24.3. The first-order valence-electron chi connectivity index (χ1n) is 14.9. The lowest BCUT2D eigenvalue weighted by molar-refractivity contribution is -0.697. The molecule has 0 saturated carbocycles. The lowest BCUT2D eigenvalue weighted by atomic mass is 10.1. The van der Waals surface area contributed by atoms with E-state index < -0.39 is 0 Å². The number of nitrogens with zero attached hydrogens (tertiary/aromatic N) is 2. The van der Waals surface area contributed by atoms with Crippen LogP contribution in [-0.4, -0.2) is 12.5 Å². The topological polar surface area (TPSA) is 33.4 Å². The third-order valence-corrected chi connectivity index (χ3v) is 7.32. The van der Waals surface area contributed by atoms with E-state index in [0.29, 0.717) is 29.5 Å². The number of carbonyl (C=O) groups excluding carboxylic acids is 1. The lowest BCUT2D eigenvalue weighted by Crippen LogP contribution is -3.00. The Morgan fingerprint density at radius 2 is 1.43 bits per heavy atom. The molecule has 0 saturated heterocycles. The molecule has 0 radical (unpaired) electrons. The third-order valence-electron chi connectivity index (χ3n) is 7.03. The molecule has 2 aromatic carbocycles. The molecular formula is C34H46ClIN2O2. The van der Waals surface area contributed by atoms with Gasteiger partial charge in [0, 0.05) is 24.2 Å². The van der Waals surface area contributed by atoms with Crippen LogP contribution in [0.3, 0.4) is 0 Å². The Labute approximate surface area is 264 Å². The van der Waals surface area contributed by atoms with Gasteiger partial charge in [-0.15, -0.1) is 0 Å². The minimum absolute atomic E-state index is 0. The van der Waals surface area contributed by atoms with E-state index in [9.17, 15) is 4.79 Å². The molecule has 0 aliphatic rings. The number of rotatable bonds is 18. The predicted octanol–water partition coefficient (Wildman–Crippen LogP) is 6.19. The highest BCUT2D eigenvalue weighted by molar-refractivity contribution is 6.32. The molecule has 6 heteroatoms. The second kappa shape index (κ2) is 19.9. The van der Waals surface area contributed by atoms with E-state index in [4.69, 9.17) is 16.3 Å². The highest BCUT2D eigenvalue weighted by Crippen LogP contribution is 2.28. The van der Waals surface area contributed by atoms with E-state index in [2.05, 4.69) is 18.4 Å². The summed E-state index contributed by atoms with van der Waals surface area (Å²) in [6, 6.07) is 19.4. The Kier molecular flexibility index (Phi) is 16.9. The van der Waals surface area contributed by atoms with Crippen LogP contribution in [0.4, 0.5) is 5.69 Å². The maximum atomic E-state index is 13.6. The van der Waals surface area contributed by atoms with Gasteiger partial charge >= 0.3 is 0 Å². The van der Waals surface area contributed by atoms with Crippen molar-refractivity contribution >= 4 is 23.2 Å². The summed E-state index contributed by atoms with van der Waals surface area (Å²) in [6.45, 7) is 6.44. The maximum Gasteiger partial charge on any atom is 0.259 e. The Balaban J connectivity index is 0.00000560. The molecule has 1 aromatic heterocycles. The zero-order chi connectivity index (χ0) is 27.7. The Morgan fingerprint density at radius 3 is 2.02 bits per heavy atom. The Hall–Kier alpha value is -2.12. The summed E-state index contributed by atoms with van der Waals surface area (Å²) in [6.07, 6.45) is 18.0. The van der Waals surface area contributed by atoms with Crippen molar-refractivity contribution in [2.24, 2.45) is 0 Å². The molecule has 0 spiro atoms. The van der Waals surface area contributed by atoms with Gasteiger partial charge in [0.05, 0.1) is 23.7 Å². The molecule has 0 unspecified atom stereocenters. The zero-order valence-corrected chi connectivity index (χ0v) is 27.2. The molecular weight excluding hydrogens is 631 g/mol. The summed E-state index contributed by atoms with van der Waals surface area (Å²) in [7, 11) is 0. The molecule has 0 atom stereocenters. The number of hydrogen-bond donors (Lipinski definition) is 0. The lowest BCUT2D eigenvalue weighted by Gasteiger charge is -2.23. The molecule has 4 nitrogen and oxygen atoms in total. The number of aryl methyl sites for hydroxylation is 1. The molecule has 0 fully saturated rings. The van der Waals surface area contributed by atoms with Gasteiger partial charge in [0.1, 0.15) is 12.3 Å². The average molecular weight is 677 g/mol. The molecule has 3 aromatic rings. The number of halogens is 2. The average Bonchev–Trinajstić information content (AvgIpc) is 2.96. The number of carbonyl (C=O) groups is 1. The van der Waals surface area contributed by atoms with E-state index in [1.165, 1.54) is 57.8 Å². The third kappa shape index (κ3) is 11.8. The number of unbranched alkanes of at least 4 members (excludes halogenated alkanes) is 9. The standard InChI is InChI=1S/C34H46ClN2O2.HI/c1-3-5-6-7-8-9-10-11-12-16-26-39-33-20-19-29(27-32(33)35)28-37(31-17-14-13-15-18-31)34(38)30-21-24-36(23-4-2)25-22-30;/h13-15,17-22,24-25,27H,3-12,16,23,26,28H2,1-2H3;1H/q+1;/p-1. The second-order valence-corrected chi connectivity index (χ2v) is 10.8. The normalized spacial score (nSPS) is 10.7. The number of pyridine rings is 1. The first-order chi connectivity index (χ1) is 19.1. The SMILES string of the molecule is CCCCCCCCCCCCOc1ccc(CN(C(=O)c2cc[n+](CCC)cc2)c2ccccc2)cc1Cl.[I-]. The predicted molar refractivity (Wildman–Crippen MR) is 163 cm³/mol. The van der Waals surface area contributed by atoms with Crippen LogP contribution in [0.1, 0.15) is 100 Å². The van der Waals surface area contributed by atoms with Crippen LogP contribution in [0.5, 0.6) is 5.75 Å². The van der Waals surface area contributed by atoms with Gasteiger partial charge in [0.2, 0.25) is 0 Å². The fourth-order valence-electron chi connectivity index (χ4n) is 4.77. The number of para-hydroxylation sites is 1. The van der Waals surface area contributed by atoms with Crippen LogP contribution >= 0.6 is 11.6 Å². The van der Waals surface area contributed by atoms with Crippen LogP contribution in [0.2, 0.25) is 5.02 Å². The Bertz CT molecular complexity index is 1110. The fourth-order valence-corrected chi connectivity index (χ4v) is 5.02. The number of aromatic nitrogens is 1. The summed E-state index contributed by atoms with van der Waals surface area (Å²) in [4.78, 5) is 15.4. The van der Waals surface area contributed by atoms with Crippen LogP contribution in [0, 0.1) is 0 Å². The van der Waals surface area contributed by atoms with E-state index in [1.807, 2.05) is 73.1 Å². The van der Waals surface area contributed by atoms with E-state index >= 15 is 0 Å². The van der Waals surface area contributed by atoms with Gasteiger partial charge in [-0.05, 0) is 36.2 Å². The fraction of sp³-hybridized carbons (Fsp3) is 0.471. The molecule has 3 rings (SSSR count). The number of ether oxygens (including phenoxy) is 1. The molecule has 0 aliphatic carbocycles. The maximum absolute atomic E-state index is 13.6. The minimum Gasteiger partial charge on any atom is -1.00 e. The Morgan fingerprint density at radius 1 is 0.800 bits per heavy atom. The van der Waals surface area contributed by atoms with Crippen molar-refractivity contribution in [1.82, 2.24) is 0 Å². The van der Waals surface area contributed by atoms with Gasteiger partial charge in [-0.2, -0.15) is 0 Å². The smallest absolute Gasteiger partial charge is 0.259 e. The van der Waals surface area contributed by atoms with Crippen LogP contribution in [-0.2, 0) is 13.1 Å². The summed E-state index contributed by atoms with van der Waals surface area (Å²) >= 11 is 6.60. The number of anilines is 1. The van der Waals surface area contributed by atoms with Gasteiger partial charge in [-0.25, -0.2) is 4.57 Å². The van der Waals surface area contributed by atoms with Gasteiger partial charge in [0.25, 0.3) is 5.91 Å². The summed E-state index contributed by atoms with van der Waals surface area (Å²) in [5.74, 6) is 0.666. The molecule has 0 N–H and O–H groups in total. The monoisotopic (exact) mass is 676 g/mol. The van der Waals surface area contributed by atoms with Crippen molar-refractivity contribution in [3.05, 3.63) is 89.2 Å². The summed E-state index contributed by atoms with van der Waals surface area (Å²) in [5, 5.41) is 0.584. The van der Waals surface area contributed by atoms with Crippen molar-refractivity contribution in [3.63, 3.8) is 0 Å². The summed E-state index contributed by atoms with van der Waals surface area (Å²) < 4.78 is 8.08. The van der Waals surface area contributed by atoms with Crippen molar-refractivity contribution < 1.29 is 38.1 Å². The van der Waals surface area contributed by atoms with Crippen molar-refractivity contribution in [2.75, 3.05) is 11.5 Å². The largest absolute Gasteiger partial charge is 1.00 e. The van der Waals surface area contributed by atoms with Gasteiger partial charge in [0.15, 0.2) is 12.4 Å². The minimum atomic E-state index is -0.0396. The highest BCUT2D eigenvalue weighted by atomic mass is 127. The highest BCUT2D eigenvalue weighted by Gasteiger charge is 2.20. The van der Waals surface area contributed by atoms with Crippen LogP contribution < -0.4 is 38.2 Å². The molecule has 0 aliphatic heterocycles. The molecule has 40 heavy (non-hydrogen) atoms. The molecule has 218 valence electrons. The van der Waals surface area contributed by atoms with Crippen LogP contribution in [0.25, 0.3) is 0 Å². The molecule has 1 amide bonds.